The number of sulfone groups is 1. The van der Waals surface area contributed by atoms with Crippen molar-refractivity contribution in [3.8, 4) is 0 Å². The molecule has 0 aliphatic heterocycles. The summed E-state index contributed by atoms with van der Waals surface area (Å²) in [6.45, 7) is 0. The highest BCUT2D eigenvalue weighted by molar-refractivity contribution is 7.92. The van der Waals surface area contributed by atoms with Crippen LogP contribution in [0, 0.1) is 0 Å². The van der Waals surface area contributed by atoms with Gasteiger partial charge >= 0.3 is 0 Å². The average Bonchev–Trinajstić information content (AvgIpc) is 2.16. The third kappa shape index (κ3) is 1.44. The van der Waals surface area contributed by atoms with Gasteiger partial charge in [0.05, 0.1) is 16.2 Å². The standard InChI is InChI=1S/C10H12O3S/c11-9-6-7-10(9)14(12,13)8-4-2-1-3-5-8/h1-5,9-11H,6-7H2/t9-,10-/m1/s1. The fraction of sp³-hybridized carbons (Fsp3) is 0.400. The van der Waals surface area contributed by atoms with Crippen molar-refractivity contribution in [2.75, 3.05) is 0 Å². The van der Waals surface area contributed by atoms with Gasteiger partial charge in [0, 0.05) is 0 Å². The Balaban J connectivity index is 2.34. The molecule has 2 rings (SSSR count). The minimum absolute atomic E-state index is 0.309. The van der Waals surface area contributed by atoms with Crippen LogP contribution in [0.2, 0.25) is 0 Å². The van der Waals surface area contributed by atoms with Crippen LogP contribution in [0.25, 0.3) is 0 Å². The van der Waals surface area contributed by atoms with E-state index in [2.05, 4.69) is 0 Å². The molecule has 0 saturated heterocycles. The van der Waals surface area contributed by atoms with Crippen molar-refractivity contribution in [2.24, 2.45) is 0 Å². The number of hydrogen-bond donors (Lipinski definition) is 1. The first kappa shape index (κ1) is 9.68. The quantitative estimate of drug-likeness (QED) is 0.795. The smallest absolute Gasteiger partial charge is 0.183 e. The number of aliphatic hydroxyl groups excluding tert-OH is 1. The van der Waals surface area contributed by atoms with E-state index in [9.17, 15) is 13.5 Å². The van der Waals surface area contributed by atoms with Gasteiger partial charge < -0.3 is 5.11 Å². The fourth-order valence-corrected chi connectivity index (χ4v) is 3.48. The summed E-state index contributed by atoms with van der Waals surface area (Å²) >= 11 is 0. The lowest BCUT2D eigenvalue weighted by molar-refractivity contribution is 0.0991. The molecule has 1 aliphatic rings. The Bertz CT molecular complexity index is 410. The number of hydrogen-bond acceptors (Lipinski definition) is 3. The third-order valence-electron chi connectivity index (χ3n) is 2.65. The SMILES string of the molecule is O=S(=O)(c1ccccc1)[C@@H]1CC[C@H]1O. The first-order chi connectivity index (χ1) is 6.62. The number of benzene rings is 1. The molecular formula is C10H12O3S. The monoisotopic (exact) mass is 212 g/mol. The van der Waals surface area contributed by atoms with Gasteiger partial charge in [-0.05, 0) is 25.0 Å². The maximum absolute atomic E-state index is 11.9. The van der Waals surface area contributed by atoms with Crippen LogP contribution in [0.3, 0.4) is 0 Å². The summed E-state index contributed by atoms with van der Waals surface area (Å²) < 4.78 is 23.7. The largest absolute Gasteiger partial charge is 0.392 e. The second-order valence-electron chi connectivity index (χ2n) is 3.54. The molecule has 1 aliphatic carbocycles. The first-order valence-corrected chi connectivity index (χ1v) is 6.14. The molecule has 76 valence electrons. The zero-order chi connectivity index (χ0) is 10.2. The van der Waals surface area contributed by atoms with Crippen LogP contribution < -0.4 is 0 Å². The van der Waals surface area contributed by atoms with E-state index in [-0.39, 0.29) is 0 Å². The minimum atomic E-state index is -3.30. The molecule has 1 aromatic rings. The summed E-state index contributed by atoms with van der Waals surface area (Å²) in [5.74, 6) is 0. The highest BCUT2D eigenvalue weighted by Crippen LogP contribution is 2.31. The normalized spacial score (nSPS) is 26.9. The van der Waals surface area contributed by atoms with Crippen LogP contribution in [0.5, 0.6) is 0 Å². The van der Waals surface area contributed by atoms with Crippen molar-refractivity contribution in [2.45, 2.75) is 29.1 Å². The molecule has 0 spiro atoms. The van der Waals surface area contributed by atoms with E-state index in [1.54, 1.807) is 30.3 Å². The predicted octanol–water partition coefficient (Wildman–Crippen LogP) is 0.984. The highest BCUT2D eigenvalue weighted by Gasteiger charge is 2.40. The predicted molar refractivity (Wildman–Crippen MR) is 52.7 cm³/mol. The lowest BCUT2D eigenvalue weighted by atomic mass is 9.96. The van der Waals surface area contributed by atoms with Gasteiger partial charge in [-0.3, -0.25) is 0 Å². The number of aliphatic hydroxyl groups is 1. The molecule has 0 radical (unpaired) electrons. The fourth-order valence-electron chi connectivity index (χ4n) is 1.60. The zero-order valence-corrected chi connectivity index (χ0v) is 8.44. The van der Waals surface area contributed by atoms with Crippen LogP contribution in [0.1, 0.15) is 12.8 Å². The highest BCUT2D eigenvalue weighted by atomic mass is 32.2. The molecule has 2 atom stereocenters. The molecule has 1 fully saturated rings. The minimum Gasteiger partial charge on any atom is -0.392 e. The average molecular weight is 212 g/mol. The second-order valence-corrected chi connectivity index (χ2v) is 5.71. The van der Waals surface area contributed by atoms with Crippen molar-refractivity contribution >= 4 is 9.84 Å². The van der Waals surface area contributed by atoms with E-state index in [1.807, 2.05) is 0 Å². The first-order valence-electron chi connectivity index (χ1n) is 4.59. The van der Waals surface area contributed by atoms with E-state index in [0.717, 1.165) is 0 Å². The Morgan fingerprint density at radius 1 is 1.14 bits per heavy atom. The van der Waals surface area contributed by atoms with E-state index in [4.69, 9.17) is 0 Å². The van der Waals surface area contributed by atoms with Crippen LogP contribution >= 0.6 is 0 Å². The van der Waals surface area contributed by atoms with Crippen molar-refractivity contribution < 1.29 is 13.5 Å². The molecular weight excluding hydrogens is 200 g/mol. The summed E-state index contributed by atoms with van der Waals surface area (Å²) in [6.07, 6.45) is 0.481. The molecule has 0 bridgehead atoms. The second kappa shape index (κ2) is 3.37. The molecule has 0 heterocycles. The van der Waals surface area contributed by atoms with Gasteiger partial charge in [0.1, 0.15) is 0 Å². The Morgan fingerprint density at radius 3 is 2.21 bits per heavy atom. The summed E-state index contributed by atoms with van der Waals surface area (Å²) in [6, 6.07) is 8.30. The molecule has 0 aromatic heterocycles. The Morgan fingerprint density at radius 2 is 1.79 bits per heavy atom. The molecule has 1 aromatic carbocycles. The van der Waals surface area contributed by atoms with Crippen LogP contribution in [-0.4, -0.2) is 24.9 Å². The van der Waals surface area contributed by atoms with E-state index in [1.165, 1.54) is 0 Å². The van der Waals surface area contributed by atoms with Gasteiger partial charge in [0.15, 0.2) is 9.84 Å². The summed E-state index contributed by atoms with van der Waals surface area (Å²) in [4.78, 5) is 0.309. The summed E-state index contributed by atoms with van der Waals surface area (Å²) in [5.41, 5.74) is 0. The third-order valence-corrected chi connectivity index (χ3v) is 4.92. The van der Waals surface area contributed by atoms with Crippen LogP contribution in [0.15, 0.2) is 35.2 Å². The van der Waals surface area contributed by atoms with Gasteiger partial charge in [0.2, 0.25) is 0 Å². The van der Waals surface area contributed by atoms with Gasteiger partial charge in [-0.25, -0.2) is 8.42 Å². The van der Waals surface area contributed by atoms with E-state index >= 15 is 0 Å². The molecule has 1 N–H and O–H groups in total. The molecule has 1 saturated carbocycles. The van der Waals surface area contributed by atoms with Gasteiger partial charge in [-0.15, -0.1) is 0 Å². The molecule has 0 amide bonds. The molecule has 4 heteroatoms. The van der Waals surface area contributed by atoms with Crippen molar-refractivity contribution in [3.63, 3.8) is 0 Å². The molecule has 14 heavy (non-hydrogen) atoms. The Hall–Kier alpha value is -0.870. The van der Waals surface area contributed by atoms with Gasteiger partial charge in [-0.1, -0.05) is 18.2 Å². The maximum Gasteiger partial charge on any atom is 0.183 e. The topological polar surface area (TPSA) is 54.4 Å². The van der Waals surface area contributed by atoms with E-state index < -0.39 is 21.2 Å². The lowest BCUT2D eigenvalue weighted by Crippen LogP contribution is -2.42. The van der Waals surface area contributed by atoms with Crippen LogP contribution in [-0.2, 0) is 9.84 Å². The zero-order valence-electron chi connectivity index (χ0n) is 7.63. The van der Waals surface area contributed by atoms with Crippen molar-refractivity contribution in [1.82, 2.24) is 0 Å². The summed E-state index contributed by atoms with van der Waals surface area (Å²) in [5, 5.41) is 8.73. The van der Waals surface area contributed by atoms with Crippen LogP contribution in [0.4, 0.5) is 0 Å². The van der Waals surface area contributed by atoms with Gasteiger partial charge in [0.25, 0.3) is 0 Å². The van der Waals surface area contributed by atoms with Crippen molar-refractivity contribution in [3.05, 3.63) is 30.3 Å². The van der Waals surface area contributed by atoms with E-state index in [0.29, 0.717) is 17.7 Å². The Labute approximate surface area is 83.3 Å². The summed E-state index contributed by atoms with van der Waals surface area (Å²) in [7, 11) is -3.30. The Kier molecular flexibility index (Phi) is 2.33. The number of rotatable bonds is 2. The molecule has 3 nitrogen and oxygen atoms in total. The maximum atomic E-state index is 11.9. The van der Waals surface area contributed by atoms with Gasteiger partial charge in [-0.2, -0.15) is 0 Å². The molecule has 0 unspecified atom stereocenters. The van der Waals surface area contributed by atoms with Crippen molar-refractivity contribution in [1.29, 1.82) is 0 Å². The lowest BCUT2D eigenvalue weighted by Gasteiger charge is -2.31.